The van der Waals surface area contributed by atoms with Gasteiger partial charge in [-0.15, -0.1) is 0 Å². The number of benzene rings is 2. The third kappa shape index (κ3) is 3.65. The topological polar surface area (TPSA) is 49.9 Å². The van der Waals surface area contributed by atoms with E-state index >= 15 is 0 Å². The second kappa shape index (κ2) is 7.38. The fourth-order valence-corrected chi connectivity index (χ4v) is 3.07. The minimum absolute atomic E-state index is 0.0445. The predicted molar refractivity (Wildman–Crippen MR) is 96.7 cm³/mol. The smallest absolute Gasteiger partial charge is 0.232 e. The first-order valence-corrected chi connectivity index (χ1v) is 8.47. The molecule has 1 heterocycles. The third-order valence-corrected chi connectivity index (χ3v) is 4.47. The largest absolute Gasteiger partial charge is 0.455 e. The number of amides is 2. The summed E-state index contributed by atoms with van der Waals surface area (Å²) >= 11 is 0. The van der Waals surface area contributed by atoms with Crippen molar-refractivity contribution in [3.8, 4) is 11.5 Å². The molecule has 0 aromatic heterocycles. The Morgan fingerprint density at radius 1 is 1.16 bits per heavy atom. The molecule has 5 nitrogen and oxygen atoms in total. The number of rotatable bonds is 5. The van der Waals surface area contributed by atoms with Crippen molar-refractivity contribution in [1.29, 1.82) is 0 Å². The molecule has 0 saturated carbocycles. The van der Waals surface area contributed by atoms with Gasteiger partial charge in [-0.1, -0.05) is 30.3 Å². The van der Waals surface area contributed by atoms with Crippen LogP contribution >= 0.6 is 0 Å². The normalized spacial score (nSPS) is 16.8. The Morgan fingerprint density at radius 2 is 1.84 bits per heavy atom. The Morgan fingerprint density at radius 3 is 2.52 bits per heavy atom. The molecule has 1 saturated heterocycles. The summed E-state index contributed by atoms with van der Waals surface area (Å²) in [4.78, 5) is 28.1. The highest BCUT2D eigenvalue weighted by Crippen LogP contribution is 2.33. The van der Waals surface area contributed by atoms with Crippen molar-refractivity contribution >= 4 is 17.5 Å². The number of ether oxygens (including phenoxy) is 1. The van der Waals surface area contributed by atoms with E-state index in [4.69, 9.17) is 4.74 Å². The first kappa shape index (κ1) is 17.0. The average Bonchev–Trinajstić information content (AvgIpc) is 3.02. The van der Waals surface area contributed by atoms with Gasteiger partial charge in [0, 0.05) is 26.6 Å². The Hall–Kier alpha value is -2.82. The molecule has 0 aliphatic carbocycles. The Kier molecular flexibility index (Phi) is 5.03. The van der Waals surface area contributed by atoms with E-state index in [-0.39, 0.29) is 24.2 Å². The van der Waals surface area contributed by atoms with Crippen LogP contribution in [0.5, 0.6) is 11.5 Å². The van der Waals surface area contributed by atoms with Crippen LogP contribution in [-0.4, -0.2) is 36.9 Å². The molecule has 25 heavy (non-hydrogen) atoms. The molecule has 0 N–H and O–H groups in total. The van der Waals surface area contributed by atoms with Gasteiger partial charge in [0.15, 0.2) is 5.75 Å². The van der Waals surface area contributed by atoms with Gasteiger partial charge in [0.05, 0.1) is 11.6 Å². The van der Waals surface area contributed by atoms with Gasteiger partial charge in [-0.3, -0.25) is 9.59 Å². The molecule has 2 aromatic rings. The van der Waals surface area contributed by atoms with E-state index in [1.54, 1.807) is 16.8 Å². The summed E-state index contributed by atoms with van der Waals surface area (Å²) in [5.74, 6) is 1.00. The monoisotopic (exact) mass is 338 g/mol. The summed E-state index contributed by atoms with van der Waals surface area (Å²) < 4.78 is 5.94. The van der Waals surface area contributed by atoms with Crippen LogP contribution in [0.15, 0.2) is 54.6 Å². The highest BCUT2D eigenvalue weighted by atomic mass is 16.5. The summed E-state index contributed by atoms with van der Waals surface area (Å²) in [5, 5.41) is 0. The van der Waals surface area contributed by atoms with Crippen molar-refractivity contribution in [3.63, 3.8) is 0 Å². The van der Waals surface area contributed by atoms with Gasteiger partial charge >= 0.3 is 0 Å². The second-order valence-electron chi connectivity index (χ2n) is 6.11. The summed E-state index contributed by atoms with van der Waals surface area (Å²) in [6, 6.07) is 16.9. The third-order valence-electron chi connectivity index (χ3n) is 4.47. The van der Waals surface area contributed by atoms with Gasteiger partial charge < -0.3 is 14.5 Å². The van der Waals surface area contributed by atoms with E-state index in [0.717, 1.165) is 0 Å². The van der Waals surface area contributed by atoms with Gasteiger partial charge in [0.25, 0.3) is 0 Å². The number of nitrogens with zero attached hydrogens (tertiary/aromatic N) is 2. The van der Waals surface area contributed by atoms with Crippen LogP contribution in [0.4, 0.5) is 5.69 Å². The van der Waals surface area contributed by atoms with E-state index in [0.29, 0.717) is 30.3 Å². The van der Waals surface area contributed by atoms with Crippen LogP contribution in [0.25, 0.3) is 0 Å². The molecule has 1 atom stereocenters. The van der Waals surface area contributed by atoms with Crippen LogP contribution in [0.3, 0.4) is 0 Å². The maximum Gasteiger partial charge on any atom is 0.232 e. The molecule has 1 unspecified atom stereocenters. The van der Waals surface area contributed by atoms with Crippen molar-refractivity contribution in [2.24, 2.45) is 5.92 Å². The zero-order valence-corrected chi connectivity index (χ0v) is 14.5. The molecular formula is C20H22N2O3. The Balaban J connectivity index is 1.79. The number of hydrogen-bond acceptors (Lipinski definition) is 3. The van der Waals surface area contributed by atoms with Crippen LogP contribution in [0, 0.1) is 5.92 Å². The van der Waals surface area contributed by atoms with Crippen molar-refractivity contribution in [2.75, 3.05) is 25.0 Å². The zero-order chi connectivity index (χ0) is 17.8. The lowest BCUT2D eigenvalue weighted by Gasteiger charge is -2.23. The molecule has 0 radical (unpaired) electrons. The molecule has 1 aliphatic rings. The minimum Gasteiger partial charge on any atom is -0.455 e. The van der Waals surface area contributed by atoms with Crippen molar-refractivity contribution < 1.29 is 14.3 Å². The SMILES string of the molecule is CCN1CC(C(=O)N(C)c2ccccc2Oc2ccccc2)CC1=O. The van der Waals surface area contributed by atoms with Crippen molar-refractivity contribution in [1.82, 2.24) is 4.90 Å². The van der Waals surface area contributed by atoms with Gasteiger partial charge in [-0.2, -0.15) is 0 Å². The number of carbonyl (C=O) groups excluding carboxylic acids is 2. The highest BCUT2D eigenvalue weighted by molar-refractivity contribution is 5.99. The molecule has 2 amide bonds. The standard InChI is InChI=1S/C20H22N2O3/c1-3-22-14-15(13-19(22)23)20(24)21(2)17-11-7-8-12-18(17)25-16-9-5-4-6-10-16/h4-12,15H,3,13-14H2,1-2H3. The Bertz CT molecular complexity index is 761. The van der Waals surface area contributed by atoms with Gasteiger partial charge in [0.2, 0.25) is 11.8 Å². The molecule has 5 heteroatoms. The molecule has 0 spiro atoms. The maximum atomic E-state index is 12.8. The van der Waals surface area contributed by atoms with Crippen LogP contribution in [-0.2, 0) is 9.59 Å². The predicted octanol–water partition coefficient (Wildman–Crippen LogP) is 3.31. The van der Waals surface area contributed by atoms with E-state index in [1.807, 2.05) is 61.5 Å². The molecule has 1 fully saturated rings. The van der Waals surface area contributed by atoms with Crippen molar-refractivity contribution in [2.45, 2.75) is 13.3 Å². The number of anilines is 1. The average molecular weight is 338 g/mol. The van der Waals surface area contributed by atoms with Crippen molar-refractivity contribution in [3.05, 3.63) is 54.6 Å². The lowest BCUT2D eigenvalue weighted by molar-refractivity contribution is -0.128. The first-order chi connectivity index (χ1) is 12.1. The summed E-state index contributed by atoms with van der Waals surface area (Å²) in [6.45, 7) is 3.05. The summed E-state index contributed by atoms with van der Waals surface area (Å²) in [6.07, 6.45) is 0.277. The molecule has 1 aliphatic heterocycles. The van der Waals surface area contributed by atoms with E-state index in [1.165, 1.54) is 0 Å². The van der Waals surface area contributed by atoms with Gasteiger partial charge in [0.1, 0.15) is 5.75 Å². The quantitative estimate of drug-likeness (QED) is 0.840. The fourth-order valence-electron chi connectivity index (χ4n) is 3.07. The molecule has 3 rings (SSSR count). The van der Waals surface area contributed by atoms with Gasteiger partial charge in [-0.05, 0) is 31.2 Å². The number of hydrogen-bond donors (Lipinski definition) is 0. The molecular weight excluding hydrogens is 316 g/mol. The molecule has 130 valence electrons. The van der Waals surface area contributed by atoms with Crippen LogP contribution in [0.1, 0.15) is 13.3 Å². The summed E-state index contributed by atoms with van der Waals surface area (Å²) in [5.41, 5.74) is 0.693. The highest BCUT2D eigenvalue weighted by Gasteiger charge is 2.35. The second-order valence-corrected chi connectivity index (χ2v) is 6.11. The zero-order valence-electron chi connectivity index (χ0n) is 14.5. The first-order valence-electron chi connectivity index (χ1n) is 8.47. The number of likely N-dealkylation sites (tertiary alicyclic amines) is 1. The lowest BCUT2D eigenvalue weighted by Crippen LogP contribution is -2.34. The minimum atomic E-state index is -0.303. The molecule has 0 bridgehead atoms. The van der Waals surface area contributed by atoms with E-state index < -0.39 is 0 Å². The lowest BCUT2D eigenvalue weighted by atomic mass is 10.1. The van der Waals surface area contributed by atoms with E-state index in [9.17, 15) is 9.59 Å². The fraction of sp³-hybridized carbons (Fsp3) is 0.300. The van der Waals surface area contributed by atoms with Crippen LogP contribution in [0.2, 0.25) is 0 Å². The van der Waals surface area contributed by atoms with Crippen LogP contribution < -0.4 is 9.64 Å². The maximum absolute atomic E-state index is 12.8. The number of carbonyl (C=O) groups is 2. The Labute approximate surface area is 147 Å². The molecule has 2 aromatic carbocycles. The summed E-state index contributed by atoms with van der Waals surface area (Å²) in [7, 11) is 1.73. The van der Waals surface area contributed by atoms with E-state index in [2.05, 4.69) is 0 Å². The number of para-hydroxylation sites is 3. The van der Waals surface area contributed by atoms with Gasteiger partial charge in [-0.25, -0.2) is 0 Å².